The maximum absolute atomic E-state index is 11.8. The van der Waals surface area contributed by atoms with Crippen molar-refractivity contribution in [2.75, 3.05) is 12.4 Å². The third-order valence-electron chi connectivity index (χ3n) is 1.88. The number of ether oxygens (including phenoxy) is 1. The Morgan fingerprint density at radius 1 is 1.44 bits per heavy atom. The van der Waals surface area contributed by atoms with Crippen LogP contribution >= 0.6 is 15.9 Å². The second kappa shape index (κ2) is 6.81. The van der Waals surface area contributed by atoms with Crippen molar-refractivity contribution in [1.82, 2.24) is 0 Å². The van der Waals surface area contributed by atoms with Crippen LogP contribution in [0.1, 0.15) is 13.3 Å². The topological polar surface area (TPSA) is 43.4 Å². The van der Waals surface area contributed by atoms with Crippen molar-refractivity contribution in [3.63, 3.8) is 0 Å². The number of benzene rings is 1. The van der Waals surface area contributed by atoms with Gasteiger partial charge in [-0.05, 0) is 35.0 Å². The molecule has 0 aliphatic heterocycles. The highest BCUT2D eigenvalue weighted by Crippen LogP contribution is 2.20. The van der Waals surface area contributed by atoms with Crippen LogP contribution in [0, 0.1) is 0 Å². The molecule has 1 aromatic carbocycles. The molecule has 1 rings (SSSR count). The molecular weight excluding hydrogens is 292 g/mol. The van der Waals surface area contributed by atoms with Crippen molar-refractivity contribution in [1.29, 1.82) is 0 Å². The van der Waals surface area contributed by atoms with Gasteiger partial charge in [0.25, 0.3) is 0 Å². The average Bonchev–Trinajstić information content (AvgIpc) is 2.27. The van der Waals surface area contributed by atoms with E-state index >= 15 is 0 Å². The number of halogens is 1. The molecule has 0 spiro atoms. The maximum Gasteiger partial charge on any atom is 0.306 e. The summed E-state index contributed by atoms with van der Waals surface area (Å²) < 4.78 is 17.4. The fraction of sp³-hybridized carbons (Fsp3) is 0.364. The first-order chi connectivity index (χ1) is 7.65. The lowest BCUT2D eigenvalue weighted by molar-refractivity contribution is -0.142. The van der Waals surface area contributed by atoms with Crippen LogP contribution in [0.4, 0.5) is 0 Å². The molecule has 0 saturated carbocycles. The molecule has 1 unspecified atom stereocenters. The largest absolute Gasteiger partial charge is 0.466 e. The normalized spacial score (nSPS) is 12.1. The molecule has 0 N–H and O–H groups in total. The monoisotopic (exact) mass is 304 g/mol. The first-order valence-electron chi connectivity index (χ1n) is 4.93. The van der Waals surface area contributed by atoms with Gasteiger partial charge in [0.15, 0.2) is 0 Å². The van der Waals surface area contributed by atoms with Gasteiger partial charge in [-0.15, -0.1) is 0 Å². The van der Waals surface area contributed by atoms with E-state index in [2.05, 4.69) is 15.9 Å². The van der Waals surface area contributed by atoms with Crippen LogP contribution in [0.2, 0.25) is 0 Å². The molecule has 0 heterocycles. The van der Waals surface area contributed by atoms with E-state index in [1.54, 1.807) is 13.0 Å². The summed E-state index contributed by atoms with van der Waals surface area (Å²) in [5.74, 6) is -0.00977. The number of hydrogen-bond donors (Lipinski definition) is 0. The Bertz CT molecular complexity index is 393. The minimum atomic E-state index is -1.17. The van der Waals surface area contributed by atoms with Crippen LogP contribution in [0.3, 0.4) is 0 Å². The highest BCUT2D eigenvalue weighted by Gasteiger charge is 2.10. The highest BCUT2D eigenvalue weighted by atomic mass is 79.9. The molecular formula is C11H13BrO3S. The molecule has 0 aliphatic carbocycles. The summed E-state index contributed by atoms with van der Waals surface area (Å²) in [6.07, 6.45) is 0.182. The molecule has 16 heavy (non-hydrogen) atoms. The van der Waals surface area contributed by atoms with E-state index in [1.165, 1.54) is 0 Å². The van der Waals surface area contributed by atoms with Gasteiger partial charge in [-0.25, -0.2) is 0 Å². The number of esters is 1. The van der Waals surface area contributed by atoms with Crippen LogP contribution in [0.25, 0.3) is 0 Å². The van der Waals surface area contributed by atoms with Gasteiger partial charge < -0.3 is 4.74 Å². The number of carbonyl (C=O) groups is 1. The Labute approximate surface area is 106 Å². The van der Waals surface area contributed by atoms with Crippen molar-refractivity contribution < 1.29 is 13.7 Å². The van der Waals surface area contributed by atoms with Gasteiger partial charge in [0.05, 0.1) is 28.7 Å². The maximum atomic E-state index is 11.8. The molecule has 0 fully saturated rings. The molecule has 0 bridgehead atoms. The van der Waals surface area contributed by atoms with Gasteiger partial charge in [-0.2, -0.15) is 0 Å². The minimum absolute atomic E-state index is 0.182. The van der Waals surface area contributed by atoms with E-state index < -0.39 is 10.8 Å². The van der Waals surface area contributed by atoms with Gasteiger partial charge in [0, 0.05) is 10.2 Å². The molecule has 1 aromatic rings. The van der Waals surface area contributed by atoms with E-state index in [0.29, 0.717) is 17.3 Å². The first-order valence-corrected chi connectivity index (χ1v) is 7.05. The summed E-state index contributed by atoms with van der Waals surface area (Å²) in [7, 11) is -1.17. The molecule has 5 heteroatoms. The number of hydrogen-bond acceptors (Lipinski definition) is 3. The van der Waals surface area contributed by atoms with E-state index in [9.17, 15) is 9.00 Å². The van der Waals surface area contributed by atoms with Crippen LogP contribution in [-0.4, -0.2) is 22.5 Å². The summed E-state index contributed by atoms with van der Waals surface area (Å²) in [6, 6.07) is 7.29. The first kappa shape index (κ1) is 13.4. The van der Waals surface area contributed by atoms with Gasteiger partial charge in [-0.1, -0.05) is 12.1 Å². The van der Waals surface area contributed by atoms with E-state index in [1.807, 2.05) is 18.2 Å². The molecule has 0 saturated heterocycles. The van der Waals surface area contributed by atoms with Gasteiger partial charge in [0.1, 0.15) is 0 Å². The fourth-order valence-electron chi connectivity index (χ4n) is 1.15. The van der Waals surface area contributed by atoms with Crippen molar-refractivity contribution in [3.05, 3.63) is 28.7 Å². The Hall–Kier alpha value is -0.680. The molecule has 0 amide bonds. The highest BCUT2D eigenvalue weighted by molar-refractivity contribution is 9.10. The van der Waals surface area contributed by atoms with E-state index in [0.717, 1.165) is 4.47 Å². The predicted molar refractivity (Wildman–Crippen MR) is 66.7 cm³/mol. The van der Waals surface area contributed by atoms with Crippen LogP contribution < -0.4 is 0 Å². The smallest absolute Gasteiger partial charge is 0.306 e. The van der Waals surface area contributed by atoms with Crippen molar-refractivity contribution in [2.24, 2.45) is 0 Å². The molecule has 0 aliphatic rings. The number of rotatable bonds is 5. The lowest BCUT2D eigenvalue weighted by Gasteiger charge is -2.04. The average molecular weight is 305 g/mol. The molecule has 3 nitrogen and oxygen atoms in total. The van der Waals surface area contributed by atoms with E-state index in [4.69, 9.17) is 4.74 Å². The molecule has 88 valence electrons. The summed E-state index contributed by atoms with van der Waals surface area (Å²) in [4.78, 5) is 11.8. The SMILES string of the molecule is CCOC(=O)CCS(=O)c1ccccc1Br. The second-order valence-corrected chi connectivity index (χ2v) is 5.43. The Balaban J connectivity index is 2.54. The third-order valence-corrected chi connectivity index (χ3v) is 4.25. The summed E-state index contributed by atoms with van der Waals surface area (Å²) >= 11 is 3.33. The van der Waals surface area contributed by atoms with Gasteiger partial charge >= 0.3 is 5.97 Å². The fourth-order valence-corrected chi connectivity index (χ4v) is 3.06. The van der Waals surface area contributed by atoms with Crippen molar-refractivity contribution >= 4 is 32.7 Å². The summed E-state index contributed by atoms with van der Waals surface area (Å²) in [5.41, 5.74) is 0. The second-order valence-electron chi connectivity index (χ2n) is 3.04. The standard InChI is InChI=1S/C11H13BrO3S/c1-2-15-11(13)7-8-16(14)10-6-4-3-5-9(10)12/h3-6H,2,7-8H2,1H3. The van der Waals surface area contributed by atoms with E-state index in [-0.39, 0.29) is 12.4 Å². The van der Waals surface area contributed by atoms with Crippen molar-refractivity contribution in [3.8, 4) is 0 Å². The summed E-state index contributed by atoms with van der Waals surface area (Å²) in [6.45, 7) is 2.11. The zero-order valence-electron chi connectivity index (χ0n) is 8.94. The minimum Gasteiger partial charge on any atom is -0.466 e. The lowest BCUT2D eigenvalue weighted by atomic mass is 10.4. The predicted octanol–water partition coefficient (Wildman–Crippen LogP) is 2.51. The Morgan fingerprint density at radius 3 is 2.75 bits per heavy atom. The van der Waals surface area contributed by atoms with Gasteiger partial charge in [-0.3, -0.25) is 9.00 Å². The quantitative estimate of drug-likeness (QED) is 0.785. The molecule has 1 atom stereocenters. The zero-order chi connectivity index (χ0) is 12.0. The van der Waals surface area contributed by atoms with Crippen LogP contribution in [0.15, 0.2) is 33.6 Å². The molecule has 0 radical (unpaired) electrons. The zero-order valence-corrected chi connectivity index (χ0v) is 11.3. The van der Waals surface area contributed by atoms with Gasteiger partial charge in [0.2, 0.25) is 0 Å². The lowest BCUT2D eigenvalue weighted by Crippen LogP contribution is -2.09. The molecule has 0 aromatic heterocycles. The van der Waals surface area contributed by atoms with Crippen molar-refractivity contribution in [2.45, 2.75) is 18.2 Å². The number of carbonyl (C=O) groups excluding carboxylic acids is 1. The Morgan fingerprint density at radius 2 is 2.12 bits per heavy atom. The summed E-state index contributed by atoms with van der Waals surface area (Å²) in [5, 5.41) is 0. The van der Waals surface area contributed by atoms with Crippen LogP contribution in [0.5, 0.6) is 0 Å². The Kier molecular flexibility index (Phi) is 5.69. The van der Waals surface area contributed by atoms with Crippen LogP contribution in [-0.2, 0) is 20.3 Å². The third kappa shape index (κ3) is 4.06.